The lowest BCUT2D eigenvalue weighted by molar-refractivity contribution is -0.124. The van der Waals surface area contributed by atoms with Gasteiger partial charge in [-0.25, -0.2) is 0 Å². The van der Waals surface area contributed by atoms with Gasteiger partial charge in [0.15, 0.2) is 0 Å². The van der Waals surface area contributed by atoms with Crippen molar-refractivity contribution in [1.29, 1.82) is 0 Å². The van der Waals surface area contributed by atoms with Crippen molar-refractivity contribution in [2.45, 2.75) is 5.92 Å². The van der Waals surface area contributed by atoms with Crippen molar-refractivity contribution in [3.05, 3.63) is 101 Å². The highest BCUT2D eigenvalue weighted by Gasteiger charge is 2.38. The largest absolute Gasteiger partial charge is 0.280 e. The van der Waals surface area contributed by atoms with Crippen LogP contribution in [0.5, 0.6) is 0 Å². The number of imide groups is 1. The Morgan fingerprint density at radius 3 is 1.89 bits per heavy atom. The number of aromatic nitrogens is 1. The number of nitrogens with one attached hydrogen (secondary N) is 1. The van der Waals surface area contributed by atoms with E-state index in [1.54, 1.807) is 48.8 Å². The maximum absolute atomic E-state index is 13.1. The molecule has 2 heterocycles. The van der Waals surface area contributed by atoms with Crippen LogP contribution in [0.1, 0.15) is 37.8 Å². The molecule has 27 heavy (non-hydrogen) atoms. The number of fused-ring (bicyclic) bond motifs is 1. The molecule has 0 aliphatic carbocycles. The van der Waals surface area contributed by atoms with Crippen molar-refractivity contribution in [2.24, 2.45) is 0 Å². The molecule has 0 spiro atoms. The average molecular weight is 357 g/mol. The van der Waals surface area contributed by atoms with E-state index in [1.165, 1.54) is 0 Å². The molecule has 6 nitrogen and oxygen atoms in total. The van der Waals surface area contributed by atoms with Crippen LogP contribution in [0.15, 0.2) is 79.1 Å². The number of hydrazine groups is 1. The van der Waals surface area contributed by atoms with E-state index >= 15 is 0 Å². The van der Waals surface area contributed by atoms with Gasteiger partial charge in [-0.2, -0.15) is 5.01 Å². The normalized spacial score (nSPS) is 14.0. The molecule has 3 amide bonds. The molecule has 132 valence electrons. The second-order valence-electron chi connectivity index (χ2n) is 6.09. The Hall–Kier alpha value is -3.80. The van der Waals surface area contributed by atoms with E-state index in [9.17, 15) is 14.4 Å². The van der Waals surface area contributed by atoms with Gasteiger partial charge in [0.25, 0.3) is 17.7 Å². The minimum absolute atomic E-state index is 0.281. The van der Waals surface area contributed by atoms with Crippen LogP contribution in [-0.4, -0.2) is 27.7 Å². The molecule has 6 heteroatoms. The minimum Gasteiger partial charge on any atom is -0.272 e. The molecule has 1 aromatic heterocycles. The first kappa shape index (κ1) is 16.7. The number of hydrogen-bond donors (Lipinski definition) is 1. The highest BCUT2D eigenvalue weighted by molar-refractivity contribution is 6.21. The van der Waals surface area contributed by atoms with Crippen LogP contribution in [0.25, 0.3) is 0 Å². The van der Waals surface area contributed by atoms with Gasteiger partial charge in [-0.15, -0.1) is 0 Å². The van der Waals surface area contributed by atoms with Gasteiger partial charge in [0.05, 0.1) is 17.0 Å². The molecule has 0 saturated carbocycles. The molecular weight excluding hydrogens is 342 g/mol. The average Bonchev–Trinajstić information content (AvgIpc) is 2.95. The summed E-state index contributed by atoms with van der Waals surface area (Å²) in [7, 11) is 0. The molecule has 1 aliphatic heterocycles. The molecule has 1 N–H and O–H groups in total. The molecule has 0 bridgehead atoms. The van der Waals surface area contributed by atoms with Crippen LogP contribution >= 0.6 is 0 Å². The summed E-state index contributed by atoms with van der Waals surface area (Å²) in [6.07, 6.45) is 3.20. The van der Waals surface area contributed by atoms with Crippen LogP contribution in [0.4, 0.5) is 0 Å². The maximum atomic E-state index is 13.1. The van der Waals surface area contributed by atoms with E-state index in [2.05, 4.69) is 10.4 Å². The molecule has 4 rings (SSSR count). The third kappa shape index (κ3) is 2.97. The standard InChI is InChI=1S/C21H15N3O3/c25-19(23-24-20(26)16-8-4-5-9-17(16)21(24)27)18(14-6-2-1-3-7-14)15-10-12-22-13-11-15/h1-13,18H,(H,23,25). The number of carbonyl (C=O) groups excluding carboxylic acids is 3. The van der Waals surface area contributed by atoms with Gasteiger partial charge in [-0.1, -0.05) is 42.5 Å². The zero-order valence-corrected chi connectivity index (χ0v) is 14.2. The summed E-state index contributed by atoms with van der Waals surface area (Å²) in [6, 6.07) is 19.1. The highest BCUT2D eigenvalue weighted by Crippen LogP contribution is 2.26. The number of rotatable bonds is 4. The summed E-state index contributed by atoms with van der Waals surface area (Å²) in [6.45, 7) is 0. The van der Waals surface area contributed by atoms with E-state index in [0.717, 1.165) is 10.6 Å². The third-order valence-corrected chi connectivity index (χ3v) is 4.45. The van der Waals surface area contributed by atoms with Crippen molar-refractivity contribution < 1.29 is 14.4 Å². The molecule has 0 saturated heterocycles. The smallest absolute Gasteiger partial charge is 0.272 e. The zero-order valence-electron chi connectivity index (χ0n) is 14.2. The Kier molecular flexibility index (Phi) is 4.22. The van der Waals surface area contributed by atoms with Gasteiger partial charge >= 0.3 is 0 Å². The molecule has 1 atom stereocenters. The van der Waals surface area contributed by atoms with Crippen molar-refractivity contribution >= 4 is 17.7 Å². The van der Waals surface area contributed by atoms with E-state index in [0.29, 0.717) is 5.56 Å². The number of carbonyl (C=O) groups is 3. The summed E-state index contributed by atoms with van der Waals surface area (Å²) in [5.74, 6) is -2.23. The summed E-state index contributed by atoms with van der Waals surface area (Å²) in [5, 5.41) is 0.782. The Balaban J connectivity index is 1.66. The van der Waals surface area contributed by atoms with Crippen molar-refractivity contribution in [3.63, 3.8) is 0 Å². The molecule has 3 aromatic rings. The Morgan fingerprint density at radius 1 is 0.778 bits per heavy atom. The fourth-order valence-corrected chi connectivity index (χ4v) is 3.16. The topological polar surface area (TPSA) is 79.4 Å². The zero-order chi connectivity index (χ0) is 18.8. The quantitative estimate of drug-likeness (QED) is 0.728. The second-order valence-corrected chi connectivity index (χ2v) is 6.09. The van der Waals surface area contributed by atoms with Crippen molar-refractivity contribution in [3.8, 4) is 0 Å². The van der Waals surface area contributed by atoms with Gasteiger partial charge in [-0.05, 0) is 35.4 Å². The maximum Gasteiger partial charge on any atom is 0.280 e. The fourth-order valence-electron chi connectivity index (χ4n) is 3.16. The first-order valence-corrected chi connectivity index (χ1v) is 8.40. The summed E-state index contributed by atoms with van der Waals surface area (Å²) in [5.41, 5.74) is 4.52. The third-order valence-electron chi connectivity index (χ3n) is 4.45. The Morgan fingerprint density at radius 2 is 1.30 bits per heavy atom. The van der Waals surface area contributed by atoms with Gasteiger partial charge in [-0.3, -0.25) is 24.8 Å². The second kappa shape index (κ2) is 6.84. The predicted octanol–water partition coefficient (Wildman–Crippen LogP) is 2.54. The van der Waals surface area contributed by atoms with E-state index < -0.39 is 23.6 Å². The summed E-state index contributed by atoms with van der Waals surface area (Å²) >= 11 is 0. The summed E-state index contributed by atoms with van der Waals surface area (Å²) in [4.78, 5) is 42.1. The van der Waals surface area contributed by atoms with Crippen LogP contribution in [0, 0.1) is 0 Å². The number of pyridine rings is 1. The summed E-state index contributed by atoms with van der Waals surface area (Å²) < 4.78 is 0. The highest BCUT2D eigenvalue weighted by atomic mass is 16.2. The molecule has 1 aliphatic rings. The molecule has 2 aromatic carbocycles. The lowest BCUT2D eigenvalue weighted by Crippen LogP contribution is -2.47. The van der Waals surface area contributed by atoms with Gasteiger partial charge < -0.3 is 0 Å². The lowest BCUT2D eigenvalue weighted by Gasteiger charge is -2.21. The SMILES string of the molecule is O=C(NN1C(=O)c2ccccc2C1=O)C(c1ccccc1)c1ccncc1. The lowest BCUT2D eigenvalue weighted by atomic mass is 9.91. The molecule has 0 fully saturated rings. The number of hydrogen-bond acceptors (Lipinski definition) is 4. The van der Waals surface area contributed by atoms with Gasteiger partial charge in [0.2, 0.25) is 0 Å². The van der Waals surface area contributed by atoms with Crippen molar-refractivity contribution in [2.75, 3.05) is 0 Å². The van der Waals surface area contributed by atoms with Crippen LogP contribution < -0.4 is 5.43 Å². The van der Waals surface area contributed by atoms with Gasteiger partial charge in [0.1, 0.15) is 0 Å². The Bertz CT molecular complexity index is 945. The van der Waals surface area contributed by atoms with E-state index in [1.807, 2.05) is 30.3 Å². The van der Waals surface area contributed by atoms with Crippen LogP contribution in [0.3, 0.4) is 0 Å². The molecule has 1 unspecified atom stereocenters. The first-order chi connectivity index (χ1) is 13.2. The molecule has 0 radical (unpaired) electrons. The van der Waals surface area contributed by atoms with Gasteiger partial charge in [0, 0.05) is 12.4 Å². The number of benzene rings is 2. The van der Waals surface area contributed by atoms with Crippen LogP contribution in [0.2, 0.25) is 0 Å². The molecular formula is C21H15N3O3. The van der Waals surface area contributed by atoms with E-state index in [4.69, 9.17) is 0 Å². The van der Waals surface area contributed by atoms with Crippen LogP contribution in [-0.2, 0) is 4.79 Å². The Labute approximate surface area is 155 Å². The first-order valence-electron chi connectivity index (χ1n) is 8.40. The predicted molar refractivity (Wildman–Crippen MR) is 97.6 cm³/mol. The number of amides is 3. The fraction of sp³-hybridized carbons (Fsp3) is 0.0476. The van der Waals surface area contributed by atoms with Crippen molar-refractivity contribution in [1.82, 2.24) is 15.4 Å². The van der Waals surface area contributed by atoms with E-state index in [-0.39, 0.29) is 11.1 Å². The minimum atomic E-state index is -0.682. The monoisotopic (exact) mass is 357 g/mol. The number of nitrogens with zero attached hydrogens (tertiary/aromatic N) is 2.